The number of hydrogen-bond donors (Lipinski definition) is 2. The first-order valence-corrected chi connectivity index (χ1v) is 12.5. The lowest BCUT2D eigenvalue weighted by molar-refractivity contribution is -0.139. The molecule has 3 heterocycles. The molecule has 1 fully saturated rings. The molecule has 3 aromatic rings. The summed E-state index contributed by atoms with van der Waals surface area (Å²) in [6.45, 7) is 2.71. The van der Waals surface area contributed by atoms with Gasteiger partial charge in [-0.3, -0.25) is 9.78 Å². The Bertz CT molecular complexity index is 1130. The minimum absolute atomic E-state index is 0.0934. The number of carbonyl (C=O) groups is 1. The van der Waals surface area contributed by atoms with Gasteiger partial charge in [0, 0.05) is 50.4 Å². The van der Waals surface area contributed by atoms with Gasteiger partial charge in [-0.05, 0) is 80.4 Å². The Kier molecular flexibility index (Phi) is 8.36. The van der Waals surface area contributed by atoms with Crippen molar-refractivity contribution in [1.82, 2.24) is 19.4 Å². The molecule has 8 heteroatoms. The van der Waals surface area contributed by atoms with Crippen molar-refractivity contribution in [3.8, 4) is 5.75 Å². The molecule has 188 valence electrons. The van der Waals surface area contributed by atoms with E-state index in [1.807, 2.05) is 48.3 Å². The van der Waals surface area contributed by atoms with Gasteiger partial charge in [-0.1, -0.05) is 0 Å². The molecule has 0 saturated carbocycles. The topological polar surface area (TPSA) is 101 Å². The molecule has 1 aliphatic heterocycles. The van der Waals surface area contributed by atoms with Crippen LogP contribution in [0.5, 0.6) is 5.75 Å². The van der Waals surface area contributed by atoms with E-state index < -0.39 is 12.1 Å². The number of carboxylic acid groups (broad SMARTS) is 1. The molecule has 4 rings (SSSR count). The number of pyridine rings is 1. The van der Waals surface area contributed by atoms with Crippen LogP contribution in [0.1, 0.15) is 49.6 Å². The van der Waals surface area contributed by atoms with Crippen LogP contribution in [0.15, 0.2) is 42.9 Å². The number of nitrogens with zero attached hydrogens (tertiary/aromatic N) is 4. The summed E-state index contributed by atoms with van der Waals surface area (Å²) in [4.78, 5) is 22.8. The molecule has 8 nitrogen and oxygen atoms in total. The van der Waals surface area contributed by atoms with Gasteiger partial charge in [0.05, 0.1) is 18.7 Å². The van der Waals surface area contributed by atoms with Crippen LogP contribution in [0.3, 0.4) is 0 Å². The molecule has 2 N–H and O–H groups in total. The van der Waals surface area contributed by atoms with Gasteiger partial charge in [0.1, 0.15) is 11.6 Å². The van der Waals surface area contributed by atoms with Crippen LogP contribution in [-0.4, -0.2) is 62.4 Å². The molecule has 3 atom stereocenters. The first-order valence-electron chi connectivity index (χ1n) is 12.5. The highest BCUT2D eigenvalue weighted by atomic mass is 16.5. The number of aliphatic hydroxyl groups excluding tert-OH is 1. The third kappa shape index (κ3) is 6.38. The molecule has 0 bridgehead atoms. The van der Waals surface area contributed by atoms with E-state index in [-0.39, 0.29) is 18.3 Å². The first-order chi connectivity index (χ1) is 16.9. The van der Waals surface area contributed by atoms with Crippen LogP contribution >= 0.6 is 0 Å². The quantitative estimate of drug-likeness (QED) is 0.430. The summed E-state index contributed by atoms with van der Waals surface area (Å²) in [6.07, 6.45) is 9.33. The lowest BCUT2D eigenvalue weighted by Gasteiger charge is -2.38. The average molecular weight is 481 g/mol. The van der Waals surface area contributed by atoms with Gasteiger partial charge in [-0.25, -0.2) is 4.98 Å². The lowest BCUT2D eigenvalue weighted by Crippen LogP contribution is -2.42. The Hall–Kier alpha value is -2.97. The van der Waals surface area contributed by atoms with Crippen LogP contribution in [-0.2, 0) is 18.3 Å². The molecule has 2 aromatic heterocycles. The van der Waals surface area contributed by atoms with Crippen LogP contribution in [0.2, 0.25) is 0 Å². The molecule has 1 saturated heterocycles. The molecular weight excluding hydrogens is 444 g/mol. The van der Waals surface area contributed by atoms with Crippen LogP contribution < -0.4 is 4.74 Å². The van der Waals surface area contributed by atoms with Crippen molar-refractivity contribution in [3.63, 3.8) is 0 Å². The highest BCUT2D eigenvalue weighted by Gasteiger charge is 2.31. The summed E-state index contributed by atoms with van der Waals surface area (Å²) >= 11 is 0. The third-order valence-electron chi connectivity index (χ3n) is 7.36. The molecule has 35 heavy (non-hydrogen) atoms. The van der Waals surface area contributed by atoms with Gasteiger partial charge in [-0.15, -0.1) is 0 Å². The number of rotatable bonds is 11. The van der Waals surface area contributed by atoms with E-state index in [1.54, 1.807) is 13.3 Å². The summed E-state index contributed by atoms with van der Waals surface area (Å²) in [7, 11) is 3.64. The molecule has 1 aliphatic rings. The van der Waals surface area contributed by atoms with Gasteiger partial charge >= 0.3 is 5.97 Å². The lowest BCUT2D eigenvalue weighted by atomic mass is 9.79. The van der Waals surface area contributed by atoms with Crippen molar-refractivity contribution in [1.29, 1.82) is 0 Å². The van der Waals surface area contributed by atoms with Crippen LogP contribution in [0, 0.1) is 11.8 Å². The number of aliphatic hydroxyl groups is 1. The number of hydrogen-bond acceptors (Lipinski definition) is 6. The van der Waals surface area contributed by atoms with E-state index in [1.165, 1.54) is 0 Å². The molecule has 0 radical (unpaired) electrons. The minimum Gasteiger partial charge on any atom is -0.497 e. The number of ether oxygens (including phenoxy) is 1. The monoisotopic (exact) mass is 480 g/mol. The Morgan fingerprint density at radius 1 is 1.23 bits per heavy atom. The zero-order valence-electron chi connectivity index (χ0n) is 20.6. The number of fused-ring (bicyclic) bond motifs is 1. The number of carboxylic acids is 1. The van der Waals surface area contributed by atoms with E-state index >= 15 is 0 Å². The highest BCUT2D eigenvalue weighted by molar-refractivity contribution is 5.83. The fraction of sp³-hybridized carbons (Fsp3) is 0.519. The fourth-order valence-electron chi connectivity index (χ4n) is 5.38. The Morgan fingerprint density at radius 3 is 2.83 bits per heavy atom. The van der Waals surface area contributed by atoms with Gasteiger partial charge in [0.25, 0.3) is 0 Å². The summed E-state index contributed by atoms with van der Waals surface area (Å²) in [5.74, 6) is 1.45. The number of imidazole rings is 1. The smallest absolute Gasteiger partial charge is 0.303 e. The maximum atomic E-state index is 11.6. The van der Waals surface area contributed by atoms with Crippen LogP contribution in [0.4, 0.5) is 0 Å². The van der Waals surface area contributed by atoms with Gasteiger partial charge in [-0.2, -0.15) is 0 Å². The number of piperidine rings is 1. The van der Waals surface area contributed by atoms with Gasteiger partial charge in [0.2, 0.25) is 0 Å². The summed E-state index contributed by atoms with van der Waals surface area (Å²) in [5.41, 5.74) is 1.67. The third-order valence-corrected chi connectivity index (χ3v) is 7.36. The SMILES string of the molecule is COc1ccc2nccc([C@@H](O)CC[C@@H]3CCN(CCCc4nccn4C)C[C@@H]3CC(=O)O)c2c1. The number of benzene rings is 1. The predicted octanol–water partition coefficient (Wildman–Crippen LogP) is 3.84. The van der Waals surface area contributed by atoms with Crippen molar-refractivity contribution in [2.45, 2.75) is 44.6 Å². The minimum atomic E-state index is -0.748. The molecule has 0 amide bonds. The molecule has 1 aromatic carbocycles. The summed E-state index contributed by atoms with van der Waals surface area (Å²) in [6, 6.07) is 7.55. The zero-order valence-corrected chi connectivity index (χ0v) is 20.6. The Labute approximate surface area is 206 Å². The number of aryl methyl sites for hydroxylation is 2. The van der Waals surface area contributed by atoms with Gasteiger partial charge < -0.3 is 24.4 Å². The van der Waals surface area contributed by atoms with Crippen molar-refractivity contribution in [2.24, 2.45) is 18.9 Å². The van der Waals surface area contributed by atoms with Crippen LogP contribution in [0.25, 0.3) is 10.9 Å². The zero-order chi connectivity index (χ0) is 24.8. The van der Waals surface area contributed by atoms with Crippen molar-refractivity contribution in [3.05, 3.63) is 54.2 Å². The number of aliphatic carboxylic acids is 1. The second-order valence-electron chi connectivity index (χ2n) is 9.64. The highest BCUT2D eigenvalue weighted by Crippen LogP contribution is 2.34. The molecule has 0 aliphatic carbocycles. The average Bonchev–Trinajstić information content (AvgIpc) is 3.26. The number of likely N-dealkylation sites (tertiary alicyclic amines) is 1. The first kappa shape index (κ1) is 25.1. The summed E-state index contributed by atoms with van der Waals surface area (Å²) in [5, 5.41) is 21.5. The van der Waals surface area contributed by atoms with E-state index in [0.29, 0.717) is 6.42 Å². The maximum absolute atomic E-state index is 11.6. The van der Waals surface area contributed by atoms with E-state index in [0.717, 1.165) is 73.4 Å². The molecular formula is C27H36N4O4. The van der Waals surface area contributed by atoms with Gasteiger partial charge in [0.15, 0.2) is 0 Å². The van der Waals surface area contributed by atoms with E-state index in [4.69, 9.17) is 4.74 Å². The maximum Gasteiger partial charge on any atom is 0.303 e. The van der Waals surface area contributed by atoms with E-state index in [9.17, 15) is 15.0 Å². The summed E-state index contributed by atoms with van der Waals surface area (Å²) < 4.78 is 7.40. The Morgan fingerprint density at radius 2 is 2.09 bits per heavy atom. The normalized spacial score (nSPS) is 19.6. The molecule has 0 unspecified atom stereocenters. The van der Waals surface area contributed by atoms with E-state index in [2.05, 4.69) is 14.9 Å². The second-order valence-corrected chi connectivity index (χ2v) is 9.64. The van der Waals surface area contributed by atoms with Crippen molar-refractivity contribution in [2.75, 3.05) is 26.7 Å². The van der Waals surface area contributed by atoms with Crippen molar-refractivity contribution >= 4 is 16.9 Å². The second kappa shape index (κ2) is 11.6. The van der Waals surface area contributed by atoms with Crippen molar-refractivity contribution < 1.29 is 19.7 Å². The molecule has 0 spiro atoms. The number of aromatic nitrogens is 3. The fourth-order valence-corrected chi connectivity index (χ4v) is 5.38. The number of methoxy groups -OCH3 is 1. The standard InChI is InChI=1S/C27H36N4O4/c1-30-15-12-29-26(30)4-3-13-31-14-10-19(20(18-31)16-27(33)34)5-8-25(32)22-9-11-28-24-7-6-21(35-2)17-23(22)24/h6-7,9,11-12,15,17,19-20,25,32H,3-5,8,10,13-14,16,18H2,1-2H3,(H,33,34)/t19-,20+,25+/m1/s1. The Balaban J connectivity index is 1.35. The largest absolute Gasteiger partial charge is 0.497 e. The predicted molar refractivity (Wildman–Crippen MR) is 134 cm³/mol.